The Morgan fingerprint density at radius 1 is 1.12 bits per heavy atom. The maximum absolute atomic E-state index is 5.70. The van der Waals surface area contributed by atoms with Crippen LogP contribution in [-0.2, 0) is 0 Å². The second-order valence-electron chi connectivity index (χ2n) is 4.88. The molecular weight excluding hydrogens is 198 g/mol. The van der Waals surface area contributed by atoms with Crippen LogP contribution in [0.15, 0.2) is 30.3 Å². The highest BCUT2D eigenvalue weighted by atomic mass is 16.5. The normalized spacial score (nSPS) is 25.9. The van der Waals surface area contributed by atoms with Crippen LogP contribution in [-0.4, -0.2) is 31.1 Å². The van der Waals surface area contributed by atoms with Crippen molar-refractivity contribution in [1.29, 1.82) is 0 Å². The number of benzene rings is 1. The number of hydrogen-bond donors (Lipinski definition) is 0. The minimum absolute atomic E-state index is 0.795. The predicted molar refractivity (Wildman–Crippen MR) is 66.7 cm³/mol. The highest BCUT2D eigenvalue weighted by Gasteiger charge is 2.25. The van der Waals surface area contributed by atoms with Gasteiger partial charge in [-0.3, -0.25) is 4.90 Å². The van der Waals surface area contributed by atoms with Gasteiger partial charge in [-0.05, 0) is 24.0 Å². The second-order valence-corrected chi connectivity index (χ2v) is 4.88. The van der Waals surface area contributed by atoms with E-state index in [1.165, 1.54) is 13.1 Å². The van der Waals surface area contributed by atoms with Crippen molar-refractivity contribution in [2.45, 2.75) is 13.8 Å². The van der Waals surface area contributed by atoms with E-state index in [4.69, 9.17) is 4.74 Å². The van der Waals surface area contributed by atoms with Crippen molar-refractivity contribution in [2.75, 3.05) is 26.2 Å². The SMILES string of the molecule is C[C@H]1CN(CCOc2ccccc2)C[C@@H]1C. The molecule has 1 heterocycles. The molecule has 1 aromatic rings. The topological polar surface area (TPSA) is 12.5 Å². The molecule has 0 radical (unpaired) electrons. The first-order chi connectivity index (χ1) is 7.75. The van der Waals surface area contributed by atoms with Gasteiger partial charge in [-0.1, -0.05) is 32.0 Å². The van der Waals surface area contributed by atoms with Crippen LogP contribution in [0.4, 0.5) is 0 Å². The Bertz CT molecular complexity index is 302. The summed E-state index contributed by atoms with van der Waals surface area (Å²) in [5, 5.41) is 0. The molecule has 2 heteroatoms. The van der Waals surface area contributed by atoms with Crippen molar-refractivity contribution in [3.63, 3.8) is 0 Å². The maximum Gasteiger partial charge on any atom is 0.119 e. The van der Waals surface area contributed by atoms with Crippen LogP contribution < -0.4 is 4.74 Å². The van der Waals surface area contributed by atoms with Crippen molar-refractivity contribution >= 4 is 0 Å². The van der Waals surface area contributed by atoms with Gasteiger partial charge in [-0.25, -0.2) is 0 Å². The Labute approximate surface area is 98.2 Å². The van der Waals surface area contributed by atoms with Gasteiger partial charge in [0, 0.05) is 19.6 Å². The molecule has 0 unspecified atom stereocenters. The van der Waals surface area contributed by atoms with Gasteiger partial charge in [0.25, 0.3) is 0 Å². The summed E-state index contributed by atoms with van der Waals surface area (Å²) in [6.45, 7) is 8.96. The molecule has 2 nitrogen and oxygen atoms in total. The monoisotopic (exact) mass is 219 g/mol. The fourth-order valence-corrected chi connectivity index (χ4v) is 2.24. The largest absolute Gasteiger partial charge is 0.492 e. The molecule has 0 spiro atoms. The Hall–Kier alpha value is -1.02. The van der Waals surface area contributed by atoms with Crippen molar-refractivity contribution in [3.05, 3.63) is 30.3 Å². The lowest BCUT2D eigenvalue weighted by molar-refractivity contribution is 0.232. The summed E-state index contributed by atoms with van der Waals surface area (Å²) >= 11 is 0. The standard InChI is InChI=1S/C14H21NO/c1-12-10-15(11-13(12)2)8-9-16-14-6-4-3-5-7-14/h3-7,12-13H,8-11H2,1-2H3/t12-,13-/m0/s1. The Kier molecular flexibility index (Phi) is 3.83. The van der Waals surface area contributed by atoms with Gasteiger partial charge < -0.3 is 4.74 Å². The zero-order valence-electron chi connectivity index (χ0n) is 10.2. The molecule has 0 aromatic heterocycles. The van der Waals surface area contributed by atoms with Crippen molar-refractivity contribution in [2.24, 2.45) is 11.8 Å². The predicted octanol–water partition coefficient (Wildman–Crippen LogP) is 2.65. The third-order valence-electron chi connectivity index (χ3n) is 3.48. The molecule has 0 N–H and O–H groups in total. The van der Waals surface area contributed by atoms with E-state index in [1.54, 1.807) is 0 Å². The van der Waals surface area contributed by atoms with E-state index < -0.39 is 0 Å². The first-order valence-electron chi connectivity index (χ1n) is 6.16. The summed E-state index contributed by atoms with van der Waals surface area (Å²) in [5.74, 6) is 2.64. The van der Waals surface area contributed by atoms with E-state index in [0.29, 0.717) is 0 Å². The number of ether oxygens (including phenoxy) is 1. The second kappa shape index (κ2) is 5.35. The van der Waals surface area contributed by atoms with Gasteiger partial charge in [0.1, 0.15) is 12.4 Å². The van der Waals surface area contributed by atoms with Gasteiger partial charge >= 0.3 is 0 Å². The highest BCUT2D eigenvalue weighted by Crippen LogP contribution is 2.21. The zero-order valence-corrected chi connectivity index (χ0v) is 10.2. The molecule has 0 bridgehead atoms. The summed E-state index contributed by atoms with van der Waals surface area (Å²) in [6, 6.07) is 10.0. The molecule has 2 atom stereocenters. The minimum atomic E-state index is 0.795. The molecule has 1 fully saturated rings. The molecule has 1 aliphatic heterocycles. The van der Waals surface area contributed by atoms with E-state index in [9.17, 15) is 0 Å². The minimum Gasteiger partial charge on any atom is -0.492 e. The van der Waals surface area contributed by atoms with Gasteiger partial charge in [0.05, 0.1) is 0 Å². The number of nitrogens with zero attached hydrogens (tertiary/aromatic N) is 1. The first-order valence-corrected chi connectivity index (χ1v) is 6.16. The molecule has 1 aliphatic rings. The molecule has 16 heavy (non-hydrogen) atoms. The van der Waals surface area contributed by atoms with E-state index in [0.717, 1.165) is 30.7 Å². The third kappa shape index (κ3) is 2.99. The summed E-state index contributed by atoms with van der Waals surface area (Å²) in [4.78, 5) is 2.50. The van der Waals surface area contributed by atoms with Crippen molar-refractivity contribution in [3.8, 4) is 5.75 Å². The van der Waals surface area contributed by atoms with Gasteiger partial charge in [-0.2, -0.15) is 0 Å². The summed E-state index contributed by atoms with van der Waals surface area (Å²) in [5.41, 5.74) is 0. The van der Waals surface area contributed by atoms with Gasteiger partial charge in [0.2, 0.25) is 0 Å². The smallest absolute Gasteiger partial charge is 0.119 e. The van der Waals surface area contributed by atoms with Crippen molar-refractivity contribution < 1.29 is 4.74 Å². The Morgan fingerprint density at radius 3 is 2.38 bits per heavy atom. The Balaban J connectivity index is 1.69. The Morgan fingerprint density at radius 2 is 1.75 bits per heavy atom. The molecule has 1 saturated heterocycles. The van der Waals surface area contributed by atoms with Crippen LogP contribution in [0.1, 0.15) is 13.8 Å². The number of rotatable bonds is 4. The van der Waals surface area contributed by atoms with Crippen LogP contribution in [0.25, 0.3) is 0 Å². The van der Waals surface area contributed by atoms with E-state index in [1.807, 2.05) is 30.3 Å². The molecule has 1 aromatic carbocycles. The molecule has 0 amide bonds. The lowest BCUT2D eigenvalue weighted by atomic mass is 10.0. The molecule has 0 saturated carbocycles. The van der Waals surface area contributed by atoms with E-state index in [2.05, 4.69) is 18.7 Å². The van der Waals surface area contributed by atoms with Crippen LogP contribution in [0.2, 0.25) is 0 Å². The fraction of sp³-hybridized carbons (Fsp3) is 0.571. The van der Waals surface area contributed by atoms with Crippen LogP contribution in [0.5, 0.6) is 5.75 Å². The highest BCUT2D eigenvalue weighted by molar-refractivity contribution is 5.20. The van der Waals surface area contributed by atoms with E-state index in [-0.39, 0.29) is 0 Å². The van der Waals surface area contributed by atoms with Crippen LogP contribution in [0.3, 0.4) is 0 Å². The van der Waals surface area contributed by atoms with Gasteiger partial charge in [-0.15, -0.1) is 0 Å². The molecule has 88 valence electrons. The lowest BCUT2D eigenvalue weighted by Gasteiger charge is -2.15. The van der Waals surface area contributed by atoms with Crippen LogP contribution in [0, 0.1) is 11.8 Å². The van der Waals surface area contributed by atoms with Crippen molar-refractivity contribution in [1.82, 2.24) is 4.90 Å². The third-order valence-corrected chi connectivity index (χ3v) is 3.48. The lowest BCUT2D eigenvalue weighted by Crippen LogP contribution is -2.26. The number of para-hydroxylation sites is 1. The zero-order chi connectivity index (χ0) is 11.4. The molecule has 2 rings (SSSR count). The molecular formula is C14H21NO. The average molecular weight is 219 g/mol. The summed E-state index contributed by atoms with van der Waals surface area (Å²) in [7, 11) is 0. The van der Waals surface area contributed by atoms with E-state index >= 15 is 0 Å². The number of likely N-dealkylation sites (tertiary alicyclic amines) is 1. The summed E-state index contributed by atoms with van der Waals surface area (Å²) < 4.78 is 5.70. The maximum atomic E-state index is 5.70. The fourth-order valence-electron chi connectivity index (χ4n) is 2.24. The molecule has 0 aliphatic carbocycles. The quantitative estimate of drug-likeness (QED) is 0.772. The van der Waals surface area contributed by atoms with Crippen LogP contribution >= 0.6 is 0 Å². The first kappa shape index (κ1) is 11.5. The van der Waals surface area contributed by atoms with Gasteiger partial charge in [0.15, 0.2) is 0 Å². The number of hydrogen-bond acceptors (Lipinski definition) is 2. The summed E-state index contributed by atoms with van der Waals surface area (Å²) in [6.07, 6.45) is 0. The average Bonchev–Trinajstić information content (AvgIpc) is 2.60.